The van der Waals surface area contributed by atoms with E-state index in [-0.39, 0.29) is 24.3 Å². The van der Waals surface area contributed by atoms with Gasteiger partial charge in [-0.3, -0.25) is 14.4 Å². The van der Waals surface area contributed by atoms with Crippen molar-refractivity contribution in [3.63, 3.8) is 0 Å². The summed E-state index contributed by atoms with van der Waals surface area (Å²) in [7, 11) is 0. The summed E-state index contributed by atoms with van der Waals surface area (Å²) in [5, 5.41) is 8.56. The minimum Gasteiger partial charge on any atom is -0.356 e. The van der Waals surface area contributed by atoms with Crippen LogP contribution in [0.5, 0.6) is 0 Å². The van der Waals surface area contributed by atoms with E-state index in [0.29, 0.717) is 11.6 Å². The molecule has 190 valence electrons. The number of carbonyl (C=O) groups is 3. The molecule has 2 N–H and O–H groups in total. The molecule has 1 aromatic carbocycles. The maximum Gasteiger partial charge on any atom is 0.246 e. The standard InChI is InChI=1S/C27H30ClN3O4S/c1-25(2,3)30-23(33)21-27-12-11-26(4,35-27)19(22(32)29-14-18-6-5-13-36-18)20(27)24(34)31(21)15-16-7-9-17(28)10-8-16/h5-13,19-21H,14-15H2,1-4H3,(H,29,32)(H,30,33)/t19-,20+,21+,26-,27+/m1/s1. The van der Waals surface area contributed by atoms with Crippen LogP contribution in [0.4, 0.5) is 0 Å². The van der Waals surface area contributed by atoms with Crippen LogP contribution in [0.1, 0.15) is 38.1 Å². The van der Waals surface area contributed by atoms with E-state index in [1.54, 1.807) is 28.4 Å². The highest BCUT2D eigenvalue weighted by Gasteiger charge is 2.76. The van der Waals surface area contributed by atoms with Crippen LogP contribution in [0.25, 0.3) is 0 Å². The molecular formula is C27H30ClN3O4S. The quantitative estimate of drug-likeness (QED) is 0.561. The third kappa shape index (κ3) is 4.15. The molecule has 36 heavy (non-hydrogen) atoms. The van der Waals surface area contributed by atoms with Gasteiger partial charge in [-0.05, 0) is 56.8 Å². The van der Waals surface area contributed by atoms with Crippen LogP contribution in [0.2, 0.25) is 5.02 Å². The normalized spacial score (nSPS) is 30.5. The number of carbonyl (C=O) groups excluding carboxylic acids is 3. The summed E-state index contributed by atoms with van der Waals surface area (Å²) in [6.07, 6.45) is 3.67. The SMILES string of the molecule is CC(C)(C)NC(=O)[C@@H]1N(Cc2ccc(Cl)cc2)C(=O)[C@@H]2[C@H](C(=O)NCc3cccs3)[C@@]3(C)C=C[C@]21O3. The smallest absolute Gasteiger partial charge is 0.246 e. The molecule has 1 spiro atoms. The van der Waals surface area contributed by atoms with Crippen molar-refractivity contribution in [2.75, 3.05) is 0 Å². The van der Waals surface area contributed by atoms with Gasteiger partial charge in [-0.15, -0.1) is 11.3 Å². The minimum absolute atomic E-state index is 0.202. The summed E-state index contributed by atoms with van der Waals surface area (Å²) in [5.74, 6) is -2.38. The maximum absolute atomic E-state index is 14.0. The molecule has 9 heteroatoms. The molecule has 2 bridgehead atoms. The highest BCUT2D eigenvalue weighted by atomic mass is 35.5. The minimum atomic E-state index is -1.22. The Kier molecular flexibility index (Phi) is 6.05. The van der Waals surface area contributed by atoms with Crippen LogP contribution in [0.3, 0.4) is 0 Å². The van der Waals surface area contributed by atoms with E-state index in [2.05, 4.69) is 10.6 Å². The fourth-order valence-corrected chi connectivity index (χ4v) is 6.49. The number of thiophene rings is 1. The summed E-state index contributed by atoms with van der Waals surface area (Å²) in [5.41, 5.74) is -1.88. The molecule has 0 radical (unpaired) electrons. The van der Waals surface area contributed by atoms with Crippen molar-refractivity contribution in [2.45, 2.75) is 63.6 Å². The first-order chi connectivity index (χ1) is 16.9. The van der Waals surface area contributed by atoms with E-state index in [4.69, 9.17) is 16.3 Å². The van der Waals surface area contributed by atoms with Crippen LogP contribution in [0.15, 0.2) is 53.9 Å². The van der Waals surface area contributed by atoms with Crippen LogP contribution in [-0.4, -0.2) is 45.4 Å². The third-order valence-electron chi connectivity index (χ3n) is 7.11. The fourth-order valence-electron chi connectivity index (χ4n) is 5.72. The number of hydrogen-bond acceptors (Lipinski definition) is 5. The Morgan fingerprint density at radius 2 is 1.86 bits per heavy atom. The largest absolute Gasteiger partial charge is 0.356 e. The molecule has 7 nitrogen and oxygen atoms in total. The van der Waals surface area contributed by atoms with Gasteiger partial charge in [0.05, 0.1) is 24.0 Å². The number of nitrogens with zero attached hydrogens (tertiary/aromatic N) is 1. The van der Waals surface area contributed by atoms with Gasteiger partial charge >= 0.3 is 0 Å². The molecule has 3 aliphatic rings. The first-order valence-electron chi connectivity index (χ1n) is 12.0. The van der Waals surface area contributed by atoms with Crippen molar-refractivity contribution < 1.29 is 19.1 Å². The lowest BCUT2D eigenvalue weighted by molar-refractivity contribution is -0.146. The number of ether oxygens (including phenoxy) is 1. The van der Waals surface area contributed by atoms with Crippen molar-refractivity contribution in [2.24, 2.45) is 11.8 Å². The lowest BCUT2D eigenvalue weighted by Crippen LogP contribution is -2.57. The number of rotatable bonds is 6. The van der Waals surface area contributed by atoms with Gasteiger partial charge in [-0.1, -0.05) is 42.0 Å². The van der Waals surface area contributed by atoms with Crippen molar-refractivity contribution in [1.82, 2.24) is 15.5 Å². The Hall–Kier alpha value is -2.68. The molecule has 1 aromatic heterocycles. The van der Waals surface area contributed by atoms with E-state index < -0.39 is 34.6 Å². The van der Waals surface area contributed by atoms with Gasteiger partial charge in [0.15, 0.2) is 0 Å². The molecule has 2 fully saturated rings. The van der Waals surface area contributed by atoms with Gasteiger partial charge in [-0.2, -0.15) is 0 Å². The number of hydrogen-bond donors (Lipinski definition) is 2. The number of fused-ring (bicyclic) bond motifs is 1. The van der Waals surface area contributed by atoms with E-state index >= 15 is 0 Å². The van der Waals surface area contributed by atoms with Gasteiger partial charge in [-0.25, -0.2) is 0 Å². The zero-order valence-electron chi connectivity index (χ0n) is 20.7. The molecule has 2 saturated heterocycles. The highest BCUT2D eigenvalue weighted by Crippen LogP contribution is 2.59. The van der Waals surface area contributed by atoms with Crippen LogP contribution in [0, 0.1) is 11.8 Å². The van der Waals surface area contributed by atoms with Crippen LogP contribution < -0.4 is 10.6 Å². The second-order valence-electron chi connectivity index (χ2n) is 11.0. The Labute approximate surface area is 219 Å². The Bertz CT molecular complexity index is 1220. The van der Waals surface area contributed by atoms with E-state index in [9.17, 15) is 14.4 Å². The fraction of sp³-hybridized carbons (Fsp3) is 0.444. The van der Waals surface area contributed by atoms with Gasteiger partial charge in [0, 0.05) is 22.0 Å². The number of likely N-dealkylation sites (tertiary alicyclic amines) is 1. The van der Waals surface area contributed by atoms with Gasteiger partial charge in [0.1, 0.15) is 11.6 Å². The second kappa shape index (κ2) is 8.71. The molecule has 5 rings (SSSR count). The lowest BCUT2D eigenvalue weighted by Gasteiger charge is -2.35. The maximum atomic E-state index is 14.0. The average Bonchev–Trinajstić information content (AvgIpc) is 3.53. The summed E-state index contributed by atoms with van der Waals surface area (Å²) >= 11 is 7.61. The predicted octanol–water partition coefficient (Wildman–Crippen LogP) is 3.67. The highest BCUT2D eigenvalue weighted by molar-refractivity contribution is 7.09. The van der Waals surface area contributed by atoms with Crippen molar-refractivity contribution in [1.29, 1.82) is 0 Å². The van der Waals surface area contributed by atoms with Gasteiger partial charge in [0.2, 0.25) is 17.7 Å². The van der Waals surface area contributed by atoms with E-state index in [1.165, 1.54) is 0 Å². The first kappa shape index (κ1) is 25.0. The number of nitrogens with one attached hydrogen (secondary N) is 2. The average molecular weight is 528 g/mol. The van der Waals surface area contributed by atoms with Crippen LogP contribution in [-0.2, 0) is 32.2 Å². The molecule has 2 aromatic rings. The monoisotopic (exact) mass is 527 g/mol. The molecule has 0 aliphatic carbocycles. The Balaban J connectivity index is 1.50. The predicted molar refractivity (Wildman–Crippen MR) is 138 cm³/mol. The van der Waals surface area contributed by atoms with E-state index in [0.717, 1.165) is 10.4 Å². The van der Waals surface area contributed by atoms with Gasteiger partial charge in [0.25, 0.3) is 0 Å². The summed E-state index contributed by atoms with van der Waals surface area (Å²) in [6.45, 7) is 8.08. The summed E-state index contributed by atoms with van der Waals surface area (Å²) < 4.78 is 6.53. The molecule has 4 heterocycles. The Morgan fingerprint density at radius 3 is 2.50 bits per heavy atom. The zero-order chi connectivity index (χ0) is 25.9. The lowest BCUT2D eigenvalue weighted by atomic mass is 9.70. The number of halogens is 1. The van der Waals surface area contributed by atoms with Crippen molar-refractivity contribution in [3.8, 4) is 0 Å². The van der Waals surface area contributed by atoms with Crippen molar-refractivity contribution in [3.05, 3.63) is 69.4 Å². The summed E-state index contributed by atoms with van der Waals surface area (Å²) in [6, 6.07) is 10.1. The first-order valence-corrected chi connectivity index (χ1v) is 13.3. The van der Waals surface area contributed by atoms with Crippen molar-refractivity contribution >= 4 is 40.7 Å². The third-order valence-corrected chi connectivity index (χ3v) is 8.24. The number of amides is 3. The Morgan fingerprint density at radius 1 is 1.14 bits per heavy atom. The van der Waals surface area contributed by atoms with E-state index in [1.807, 2.05) is 69.5 Å². The topological polar surface area (TPSA) is 87.7 Å². The van der Waals surface area contributed by atoms with Gasteiger partial charge < -0.3 is 20.3 Å². The second-order valence-corrected chi connectivity index (χ2v) is 12.4. The molecule has 3 aliphatic heterocycles. The molecule has 3 amide bonds. The summed E-state index contributed by atoms with van der Waals surface area (Å²) in [4.78, 5) is 43.9. The number of benzene rings is 1. The molecule has 0 saturated carbocycles. The zero-order valence-corrected chi connectivity index (χ0v) is 22.3. The molecular weight excluding hydrogens is 498 g/mol. The molecule has 0 unspecified atom stereocenters. The van der Waals surface area contributed by atoms with Crippen LogP contribution >= 0.6 is 22.9 Å². The molecule has 5 atom stereocenters.